The molecule has 0 atom stereocenters. The number of hydrogen-bond acceptors (Lipinski definition) is 1. The highest BCUT2D eigenvalue weighted by Gasteiger charge is 1.87. The van der Waals surface area contributed by atoms with Crippen molar-refractivity contribution < 1.29 is 5.11 Å². The lowest BCUT2D eigenvalue weighted by Crippen LogP contribution is -1.88. The fourth-order valence-corrected chi connectivity index (χ4v) is 0.664. The SMILES string of the molecule is [O]CCc1cccnc1. The topological polar surface area (TPSA) is 32.8 Å². The third kappa shape index (κ3) is 1.82. The van der Waals surface area contributed by atoms with Crippen LogP contribution in [0.3, 0.4) is 0 Å². The molecule has 0 unspecified atom stereocenters. The summed E-state index contributed by atoms with van der Waals surface area (Å²) in [6, 6.07) is 3.75. The molecule has 1 aromatic heterocycles. The molecule has 0 amide bonds. The molecule has 0 spiro atoms. The third-order valence-electron chi connectivity index (χ3n) is 1.11. The van der Waals surface area contributed by atoms with Crippen LogP contribution >= 0.6 is 0 Å². The number of hydrogen-bond donors (Lipinski definition) is 0. The van der Waals surface area contributed by atoms with Crippen LogP contribution in [0.25, 0.3) is 0 Å². The summed E-state index contributed by atoms with van der Waals surface area (Å²) >= 11 is 0. The summed E-state index contributed by atoms with van der Waals surface area (Å²) < 4.78 is 0. The normalized spacial score (nSPS) is 9.44. The van der Waals surface area contributed by atoms with Crippen LogP contribution in [0.1, 0.15) is 5.56 Å². The Bertz CT molecular complexity index is 162. The van der Waals surface area contributed by atoms with Gasteiger partial charge in [-0.1, -0.05) is 6.07 Å². The second-order valence-electron chi connectivity index (χ2n) is 1.82. The highest BCUT2D eigenvalue weighted by Crippen LogP contribution is 1.94. The van der Waals surface area contributed by atoms with Gasteiger partial charge < -0.3 is 0 Å². The van der Waals surface area contributed by atoms with Gasteiger partial charge >= 0.3 is 0 Å². The Morgan fingerprint density at radius 2 is 2.44 bits per heavy atom. The number of pyridine rings is 1. The van der Waals surface area contributed by atoms with Gasteiger partial charge in [-0.2, -0.15) is 0 Å². The molecular weight excluding hydrogens is 114 g/mol. The van der Waals surface area contributed by atoms with Crippen molar-refractivity contribution in [3.63, 3.8) is 0 Å². The van der Waals surface area contributed by atoms with Gasteiger partial charge in [0.05, 0.1) is 6.61 Å². The Kier molecular flexibility index (Phi) is 2.22. The van der Waals surface area contributed by atoms with Crippen LogP contribution in [-0.4, -0.2) is 11.6 Å². The van der Waals surface area contributed by atoms with E-state index in [4.69, 9.17) is 0 Å². The molecule has 0 saturated carbocycles. The summed E-state index contributed by atoms with van der Waals surface area (Å²) in [5, 5.41) is 10.1. The van der Waals surface area contributed by atoms with Crippen molar-refractivity contribution in [3.05, 3.63) is 30.1 Å². The Balaban J connectivity index is 2.61. The van der Waals surface area contributed by atoms with Gasteiger partial charge in [-0.3, -0.25) is 4.98 Å². The fourth-order valence-electron chi connectivity index (χ4n) is 0.664. The van der Waals surface area contributed by atoms with Gasteiger partial charge in [0, 0.05) is 18.8 Å². The molecule has 2 heteroatoms. The van der Waals surface area contributed by atoms with Crippen LogP contribution in [0.2, 0.25) is 0 Å². The molecule has 0 bridgehead atoms. The molecule has 9 heavy (non-hydrogen) atoms. The van der Waals surface area contributed by atoms with Crippen molar-refractivity contribution in [2.45, 2.75) is 6.42 Å². The van der Waals surface area contributed by atoms with E-state index in [1.165, 1.54) is 0 Å². The first-order valence-electron chi connectivity index (χ1n) is 2.90. The van der Waals surface area contributed by atoms with Crippen LogP contribution in [0.5, 0.6) is 0 Å². The van der Waals surface area contributed by atoms with Crippen LogP contribution in [0.15, 0.2) is 24.5 Å². The van der Waals surface area contributed by atoms with Gasteiger partial charge in [0.2, 0.25) is 0 Å². The largest absolute Gasteiger partial charge is 0.264 e. The van der Waals surface area contributed by atoms with Crippen molar-refractivity contribution >= 4 is 0 Å². The Morgan fingerprint density at radius 1 is 1.56 bits per heavy atom. The zero-order valence-electron chi connectivity index (χ0n) is 5.08. The number of aromatic nitrogens is 1. The summed E-state index contributed by atoms with van der Waals surface area (Å²) in [4.78, 5) is 3.86. The van der Waals surface area contributed by atoms with Gasteiger partial charge in [-0.15, -0.1) is 0 Å². The monoisotopic (exact) mass is 122 g/mol. The summed E-state index contributed by atoms with van der Waals surface area (Å²) in [7, 11) is 0. The molecule has 0 aromatic carbocycles. The fraction of sp³-hybridized carbons (Fsp3) is 0.286. The van der Waals surface area contributed by atoms with Gasteiger partial charge in [-0.05, 0) is 11.6 Å². The van der Waals surface area contributed by atoms with E-state index >= 15 is 0 Å². The summed E-state index contributed by atoms with van der Waals surface area (Å²) in [6.45, 7) is -0.0499. The van der Waals surface area contributed by atoms with Gasteiger partial charge in [-0.25, -0.2) is 5.11 Å². The van der Waals surface area contributed by atoms with Crippen molar-refractivity contribution in [2.24, 2.45) is 0 Å². The van der Waals surface area contributed by atoms with Crippen LogP contribution < -0.4 is 0 Å². The predicted octanol–water partition coefficient (Wildman–Crippen LogP) is 1.05. The molecule has 0 saturated heterocycles. The molecule has 1 rings (SSSR count). The average Bonchev–Trinajstić information content (AvgIpc) is 1.91. The Labute approximate surface area is 54.2 Å². The maximum absolute atomic E-state index is 10.1. The lowest BCUT2D eigenvalue weighted by Gasteiger charge is -1.91. The molecule has 0 N–H and O–H groups in total. The molecule has 0 aliphatic carbocycles. The minimum absolute atomic E-state index is 0.0499. The van der Waals surface area contributed by atoms with Crippen molar-refractivity contribution in [3.8, 4) is 0 Å². The summed E-state index contributed by atoms with van der Waals surface area (Å²) in [5.74, 6) is 0. The number of nitrogens with zero attached hydrogens (tertiary/aromatic N) is 1. The molecule has 1 radical (unpaired) electrons. The van der Waals surface area contributed by atoms with Crippen molar-refractivity contribution in [2.75, 3.05) is 6.61 Å². The third-order valence-corrected chi connectivity index (χ3v) is 1.11. The van der Waals surface area contributed by atoms with Crippen molar-refractivity contribution in [1.82, 2.24) is 4.98 Å². The molecule has 2 nitrogen and oxygen atoms in total. The number of rotatable bonds is 2. The van der Waals surface area contributed by atoms with E-state index in [1.54, 1.807) is 12.4 Å². The summed E-state index contributed by atoms with van der Waals surface area (Å²) in [5.41, 5.74) is 1.02. The quantitative estimate of drug-likeness (QED) is 0.577. The van der Waals surface area contributed by atoms with E-state index in [-0.39, 0.29) is 6.61 Å². The van der Waals surface area contributed by atoms with E-state index in [2.05, 4.69) is 4.98 Å². The minimum Gasteiger partial charge on any atom is -0.264 e. The first-order valence-corrected chi connectivity index (χ1v) is 2.90. The maximum Gasteiger partial charge on any atom is 0.0863 e. The zero-order chi connectivity index (χ0) is 6.53. The predicted molar refractivity (Wildman–Crippen MR) is 33.5 cm³/mol. The molecule has 0 fully saturated rings. The highest BCUT2D eigenvalue weighted by atomic mass is 16.2. The van der Waals surface area contributed by atoms with Gasteiger partial charge in [0.1, 0.15) is 0 Å². The second kappa shape index (κ2) is 3.20. The second-order valence-corrected chi connectivity index (χ2v) is 1.82. The average molecular weight is 122 g/mol. The molecule has 0 aliphatic rings. The molecule has 1 heterocycles. The van der Waals surface area contributed by atoms with E-state index in [0.29, 0.717) is 6.42 Å². The lowest BCUT2D eigenvalue weighted by molar-refractivity contribution is 0.197. The Hall–Kier alpha value is -0.890. The van der Waals surface area contributed by atoms with E-state index < -0.39 is 0 Å². The first kappa shape index (κ1) is 6.23. The van der Waals surface area contributed by atoms with Crippen LogP contribution in [0.4, 0.5) is 0 Å². The standard InChI is InChI=1S/C7H8NO/c9-5-3-7-2-1-4-8-6-7/h1-2,4,6H,3,5H2. The van der Waals surface area contributed by atoms with Gasteiger partial charge in [0.25, 0.3) is 0 Å². The molecular formula is C7H8NO. The summed E-state index contributed by atoms with van der Waals surface area (Å²) in [6.07, 6.45) is 4.01. The van der Waals surface area contributed by atoms with E-state index in [9.17, 15) is 5.11 Å². The van der Waals surface area contributed by atoms with Crippen molar-refractivity contribution in [1.29, 1.82) is 0 Å². The minimum atomic E-state index is -0.0499. The molecule has 0 aliphatic heterocycles. The van der Waals surface area contributed by atoms with E-state index in [0.717, 1.165) is 5.56 Å². The Morgan fingerprint density at radius 3 is 3.00 bits per heavy atom. The lowest BCUT2D eigenvalue weighted by atomic mass is 10.2. The highest BCUT2D eigenvalue weighted by molar-refractivity contribution is 5.07. The molecule has 1 aromatic rings. The smallest absolute Gasteiger partial charge is 0.0863 e. The maximum atomic E-state index is 10.1. The van der Waals surface area contributed by atoms with Crippen LogP contribution in [0, 0.1) is 0 Å². The zero-order valence-corrected chi connectivity index (χ0v) is 5.08. The molecule has 47 valence electrons. The van der Waals surface area contributed by atoms with E-state index in [1.807, 2.05) is 12.1 Å². The first-order chi connectivity index (χ1) is 4.43. The van der Waals surface area contributed by atoms with Gasteiger partial charge in [0.15, 0.2) is 0 Å². The van der Waals surface area contributed by atoms with Crippen LogP contribution in [-0.2, 0) is 11.5 Å².